The van der Waals surface area contributed by atoms with Crippen molar-refractivity contribution in [1.82, 2.24) is 5.01 Å². The van der Waals surface area contributed by atoms with Gasteiger partial charge in [0, 0.05) is 10.0 Å². The van der Waals surface area contributed by atoms with Crippen LogP contribution in [0.1, 0.15) is 30.9 Å². The Balaban J connectivity index is 0.000000313. The van der Waals surface area contributed by atoms with Crippen LogP contribution in [0.25, 0.3) is 0 Å². The van der Waals surface area contributed by atoms with Crippen molar-refractivity contribution < 1.29 is 14.3 Å². The van der Waals surface area contributed by atoms with E-state index in [1.54, 1.807) is 12.1 Å². The maximum Gasteiger partial charge on any atom is 0.306 e. The molecule has 1 saturated heterocycles. The summed E-state index contributed by atoms with van der Waals surface area (Å²) in [7, 11) is 1.31. The first-order valence-corrected chi connectivity index (χ1v) is 9.28. The maximum atomic E-state index is 12.2. The van der Waals surface area contributed by atoms with E-state index in [-0.39, 0.29) is 24.3 Å². The summed E-state index contributed by atoms with van der Waals surface area (Å²) < 4.78 is 4.60. The Morgan fingerprint density at radius 1 is 1.07 bits per heavy atom. The first-order chi connectivity index (χ1) is 12.9. The Morgan fingerprint density at radius 3 is 2.19 bits per heavy atom. The molecule has 1 aliphatic heterocycles. The number of carbonyl (C=O) groups is 2. The zero-order chi connectivity index (χ0) is 19.8. The van der Waals surface area contributed by atoms with Gasteiger partial charge in [-0.05, 0) is 42.7 Å². The highest BCUT2D eigenvalue weighted by Crippen LogP contribution is 2.33. The van der Waals surface area contributed by atoms with Crippen molar-refractivity contribution in [2.24, 2.45) is 11.8 Å². The van der Waals surface area contributed by atoms with Crippen LogP contribution < -0.4 is 5.84 Å². The highest BCUT2D eigenvalue weighted by atomic mass is 35.5. The summed E-state index contributed by atoms with van der Waals surface area (Å²) in [6.45, 7) is 0. The molecular formula is C20H22Cl2N2O3. The van der Waals surface area contributed by atoms with Gasteiger partial charge in [-0.25, -0.2) is 5.84 Å². The predicted molar refractivity (Wildman–Crippen MR) is 106 cm³/mol. The highest BCUT2D eigenvalue weighted by molar-refractivity contribution is 6.30. The molecule has 1 fully saturated rings. The zero-order valence-electron chi connectivity index (χ0n) is 15.0. The minimum absolute atomic E-state index is 0.0797. The van der Waals surface area contributed by atoms with Crippen molar-refractivity contribution in [2.75, 3.05) is 7.11 Å². The summed E-state index contributed by atoms with van der Waals surface area (Å²) in [5.41, 5.74) is 0.946. The molecule has 0 radical (unpaired) electrons. The molecule has 0 aromatic heterocycles. The third-order valence-electron chi connectivity index (χ3n) is 4.36. The lowest BCUT2D eigenvalue weighted by Crippen LogP contribution is -2.48. The van der Waals surface area contributed by atoms with Crippen molar-refractivity contribution >= 4 is 35.1 Å². The Kier molecular flexibility index (Phi) is 8.10. The quantitative estimate of drug-likeness (QED) is 0.464. The minimum Gasteiger partial charge on any atom is -0.469 e. The molecule has 27 heavy (non-hydrogen) atoms. The third-order valence-corrected chi connectivity index (χ3v) is 4.86. The summed E-state index contributed by atoms with van der Waals surface area (Å²) in [5.74, 6) is 4.90. The number of nitrogens with zero attached hydrogens (tertiary/aromatic N) is 1. The SMILES string of the molecule is COC(=O)CC1CCC(c2ccc(Cl)cc2)N(N)C1=O.Clc1ccccc1. The highest BCUT2D eigenvalue weighted by Gasteiger charge is 2.35. The largest absolute Gasteiger partial charge is 0.469 e. The van der Waals surface area contributed by atoms with E-state index in [1.807, 2.05) is 42.5 Å². The molecule has 2 unspecified atom stereocenters. The molecule has 2 N–H and O–H groups in total. The molecule has 5 nitrogen and oxygen atoms in total. The molecule has 2 aromatic rings. The number of ether oxygens (including phenoxy) is 1. The van der Waals surface area contributed by atoms with Gasteiger partial charge in [0.2, 0.25) is 5.91 Å². The van der Waals surface area contributed by atoms with Gasteiger partial charge in [0.05, 0.1) is 25.5 Å². The number of nitrogens with two attached hydrogens (primary N) is 1. The second-order valence-electron chi connectivity index (χ2n) is 6.16. The van der Waals surface area contributed by atoms with Crippen molar-refractivity contribution in [1.29, 1.82) is 0 Å². The van der Waals surface area contributed by atoms with E-state index in [0.29, 0.717) is 17.9 Å². The van der Waals surface area contributed by atoms with Gasteiger partial charge < -0.3 is 4.74 Å². The van der Waals surface area contributed by atoms with Gasteiger partial charge in [-0.1, -0.05) is 53.5 Å². The summed E-state index contributed by atoms with van der Waals surface area (Å²) in [6, 6.07) is 16.5. The van der Waals surface area contributed by atoms with Gasteiger partial charge in [-0.2, -0.15) is 0 Å². The first kappa shape index (κ1) is 21.2. The molecule has 0 bridgehead atoms. The second-order valence-corrected chi connectivity index (χ2v) is 7.04. The number of esters is 1. The zero-order valence-corrected chi connectivity index (χ0v) is 16.5. The van der Waals surface area contributed by atoms with Crippen LogP contribution in [-0.2, 0) is 14.3 Å². The molecule has 1 aliphatic rings. The minimum atomic E-state index is -0.393. The monoisotopic (exact) mass is 408 g/mol. The fraction of sp³-hybridized carbons (Fsp3) is 0.300. The van der Waals surface area contributed by atoms with Gasteiger partial charge in [0.1, 0.15) is 0 Å². The molecule has 144 valence electrons. The van der Waals surface area contributed by atoms with Crippen LogP contribution in [0.15, 0.2) is 54.6 Å². The summed E-state index contributed by atoms with van der Waals surface area (Å²) in [4.78, 5) is 23.5. The molecule has 1 amide bonds. The van der Waals surface area contributed by atoms with Crippen LogP contribution in [0, 0.1) is 5.92 Å². The lowest BCUT2D eigenvalue weighted by atomic mass is 9.88. The standard InChI is InChI=1S/C14H17ClN2O3.C6H5Cl/c1-20-13(18)8-10-4-7-12(17(16)14(10)19)9-2-5-11(15)6-3-9;7-6-4-2-1-3-5-6/h2-3,5-6,10,12H,4,7-8,16H2,1H3;1-5H. The number of benzene rings is 2. The van der Waals surface area contributed by atoms with Crippen LogP contribution in [0.4, 0.5) is 0 Å². The van der Waals surface area contributed by atoms with E-state index in [4.69, 9.17) is 29.0 Å². The van der Waals surface area contributed by atoms with Crippen LogP contribution in [0.5, 0.6) is 0 Å². The Morgan fingerprint density at radius 2 is 1.67 bits per heavy atom. The first-order valence-electron chi connectivity index (χ1n) is 8.53. The molecule has 3 rings (SSSR count). The van der Waals surface area contributed by atoms with E-state index in [2.05, 4.69) is 4.74 Å². The summed E-state index contributed by atoms with van der Waals surface area (Å²) in [5, 5.41) is 2.66. The summed E-state index contributed by atoms with van der Waals surface area (Å²) in [6.07, 6.45) is 1.41. The number of hydrogen-bond donors (Lipinski definition) is 1. The van der Waals surface area contributed by atoms with Crippen LogP contribution in [-0.4, -0.2) is 24.0 Å². The van der Waals surface area contributed by atoms with Crippen molar-refractivity contribution in [3.8, 4) is 0 Å². The van der Waals surface area contributed by atoms with E-state index >= 15 is 0 Å². The molecule has 1 heterocycles. The van der Waals surface area contributed by atoms with E-state index in [1.165, 1.54) is 12.1 Å². The number of rotatable bonds is 3. The van der Waals surface area contributed by atoms with Gasteiger partial charge in [-0.15, -0.1) is 0 Å². The maximum absolute atomic E-state index is 12.2. The smallest absolute Gasteiger partial charge is 0.306 e. The van der Waals surface area contributed by atoms with E-state index in [9.17, 15) is 9.59 Å². The predicted octanol–water partition coefficient (Wildman–Crippen LogP) is 4.40. The Labute approximate surface area is 169 Å². The van der Waals surface area contributed by atoms with Gasteiger partial charge in [0.15, 0.2) is 0 Å². The number of hydrogen-bond acceptors (Lipinski definition) is 4. The van der Waals surface area contributed by atoms with Crippen molar-refractivity contribution in [3.05, 3.63) is 70.2 Å². The van der Waals surface area contributed by atoms with E-state index in [0.717, 1.165) is 10.6 Å². The molecule has 7 heteroatoms. The molecule has 0 aliphatic carbocycles. The number of carbonyl (C=O) groups excluding carboxylic acids is 2. The molecular weight excluding hydrogens is 387 g/mol. The number of amides is 1. The van der Waals surface area contributed by atoms with Crippen LogP contribution >= 0.6 is 23.2 Å². The van der Waals surface area contributed by atoms with Gasteiger partial charge in [0.25, 0.3) is 0 Å². The summed E-state index contributed by atoms with van der Waals surface area (Å²) >= 11 is 11.4. The fourth-order valence-electron chi connectivity index (χ4n) is 2.89. The molecule has 0 saturated carbocycles. The average Bonchev–Trinajstić information content (AvgIpc) is 2.67. The number of piperidine rings is 1. The number of methoxy groups -OCH3 is 1. The number of hydrazine groups is 1. The van der Waals surface area contributed by atoms with E-state index < -0.39 is 5.92 Å². The molecule has 2 atom stereocenters. The Hall–Kier alpha value is -2.08. The van der Waals surface area contributed by atoms with Gasteiger partial charge >= 0.3 is 5.97 Å². The van der Waals surface area contributed by atoms with Crippen LogP contribution in [0.3, 0.4) is 0 Å². The second kappa shape index (κ2) is 10.3. The Bertz CT molecular complexity index is 754. The van der Waals surface area contributed by atoms with Crippen molar-refractivity contribution in [2.45, 2.75) is 25.3 Å². The van der Waals surface area contributed by atoms with Gasteiger partial charge in [-0.3, -0.25) is 14.6 Å². The molecule has 2 aromatic carbocycles. The fourth-order valence-corrected chi connectivity index (χ4v) is 3.16. The number of halogens is 2. The van der Waals surface area contributed by atoms with Crippen molar-refractivity contribution in [3.63, 3.8) is 0 Å². The lowest BCUT2D eigenvalue weighted by Gasteiger charge is -2.36. The van der Waals surface area contributed by atoms with Crippen LogP contribution in [0.2, 0.25) is 10.0 Å². The normalized spacial score (nSPS) is 19.1. The lowest BCUT2D eigenvalue weighted by molar-refractivity contribution is -0.150. The third kappa shape index (κ3) is 6.24. The topological polar surface area (TPSA) is 72.6 Å². The molecule has 0 spiro atoms. The average molecular weight is 409 g/mol.